The number of ether oxygens (including phenoxy) is 2. The first-order chi connectivity index (χ1) is 23.2. The van der Waals surface area contributed by atoms with E-state index in [1.54, 1.807) is 12.3 Å². The molecule has 1 amide bonds. The number of amides is 1. The Balaban J connectivity index is 1.38. The molecule has 48 heavy (non-hydrogen) atoms. The van der Waals surface area contributed by atoms with Crippen LogP contribution in [0.15, 0.2) is 48.9 Å². The monoisotopic (exact) mass is 673 g/mol. The molecular weight excluding hydrogens is 640 g/mol. The van der Waals surface area contributed by atoms with Crippen LogP contribution in [0, 0.1) is 12.4 Å². The van der Waals surface area contributed by atoms with Gasteiger partial charge in [0.1, 0.15) is 35.5 Å². The van der Waals surface area contributed by atoms with E-state index in [2.05, 4.69) is 23.4 Å². The summed E-state index contributed by atoms with van der Waals surface area (Å²) >= 11 is 6.55. The fourth-order valence-electron chi connectivity index (χ4n) is 6.59. The molecule has 3 aliphatic rings. The Hall–Kier alpha value is -4.60. The molecule has 4 aromatic rings. The van der Waals surface area contributed by atoms with Gasteiger partial charge in [-0.05, 0) is 50.7 Å². The van der Waals surface area contributed by atoms with Gasteiger partial charge in [0.2, 0.25) is 6.54 Å². The van der Waals surface area contributed by atoms with E-state index in [0.717, 1.165) is 37.6 Å². The van der Waals surface area contributed by atoms with Gasteiger partial charge in [-0.25, -0.2) is 15.4 Å². The number of benzene rings is 2. The Morgan fingerprint density at radius 3 is 2.71 bits per heavy atom. The van der Waals surface area contributed by atoms with Gasteiger partial charge in [0, 0.05) is 42.8 Å². The summed E-state index contributed by atoms with van der Waals surface area (Å²) < 4.78 is 41.5. The summed E-state index contributed by atoms with van der Waals surface area (Å²) in [7, 11) is 2.07. The van der Waals surface area contributed by atoms with Gasteiger partial charge in [-0.1, -0.05) is 42.4 Å². The van der Waals surface area contributed by atoms with Gasteiger partial charge in [-0.15, -0.1) is 0 Å². The van der Waals surface area contributed by atoms with E-state index < -0.39 is 23.6 Å². The number of hydrogen-bond acceptors (Lipinski definition) is 8. The quantitative estimate of drug-likeness (QED) is 0.156. The summed E-state index contributed by atoms with van der Waals surface area (Å²) in [5.41, 5.74) is 1.52. The van der Waals surface area contributed by atoms with Crippen LogP contribution in [0.5, 0.6) is 11.8 Å². The molecule has 0 N–H and O–H groups in total. The highest BCUT2D eigenvalue weighted by Gasteiger charge is 2.36. The Bertz CT molecular complexity index is 1970. The lowest BCUT2D eigenvalue weighted by Gasteiger charge is -2.39. The Kier molecular flexibility index (Phi) is 8.74. The van der Waals surface area contributed by atoms with Gasteiger partial charge in [0.25, 0.3) is 5.91 Å². The number of pyridine rings is 1. The number of likely N-dealkylation sites (tertiary alicyclic amines) is 1. The molecule has 4 heterocycles. The minimum absolute atomic E-state index is 0.00956. The number of carbonyl (C=O) groups excluding carboxylic acids is 1. The third-order valence-corrected chi connectivity index (χ3v) is 9.68. The van der Waals surface area contributed by atoms with Crippen molar-refractivity contribution in [2.45, 2.75) is 43.9 Å². The fraction of sp³-hybridized carbons (Fsp3) is 0.400. The molecule has 2 aliphatic heterocycles. The van der Waals surface area contributed by atoms with E-state index in [-0.39, 0.29) is 42.8 Å². The maximum absolute atomic E-state index is 14.8. The summed E-state index contributed by atoms with van der Waals surface area (Å²) in [5, 5.41) is 1.83. The topological polar surface area (TPSA) is 88.3 Å². The van der Waals surface area contributed by atoms with E-state index in [4.69, 9.17) is 42.6 Å². The average Bonchev–Trinajstić information content (AvgIpc) is 3.82. The maximum Gasteiger partial charge on any atom is 0.319 e. The molecule has 2 aromatic heterocycles. The molecule has 7 rings (SSSR count). The predicted molar refractivity (Wildman–Crippen MR) is 179 cm³/mol. The van der Waals surface area contributed by atoms with Crippen LogP contribution in [0.3, 0.4) is 0 Å². The standard InChI is InChI=1S/C35H34ClF2N7O3/c1-20(37)34(46)45-15-14-44(18-23(45)16-39-2)33-26-17-40-30(25-8-4-6-21-9-12-27(38)29(36)28(21)25)32(48-24-10-11-24)31(26)41-35(42-33)47-19-22-7-5-13-43(22)3/h4,6,8-9,12,17,22-24H,1,5,7,10-11,13-16,18-19H2,3H3/t22-,23-/m0/s1. The minimum atomic E-state index is -1.06. The second-order valence-corrected chi connectivity index (χ2v) is 12.9. The number of carbonyl (C=O) groups is 1. The van der Waals surface area contributed by atoms with Gasteiger partial charge in [-0.2, -0.15) is 9.97 Å². The fourth-order valence-corrected chi connectivity index (χ4v) is 6.86. The third-order valence-electron chi connectivity index (χ3n) is 9.31. The number of halogens is 3. The van der Waals surface area contributed by atoms with Crippen LogP contribution in [0.25, 0.3) is 37.8 Å². The summed E-state index contributed by atoms with van der Waals surface area (Å²) in [6, 6.07) is 8.34. The van der Waals surface area contributed by atoms with Crippen molar-refractivity contribution >= 4 is 45.0 Å². The van der Waals surface area contributed by atoms with Crippen LogP contribution in [0.2, 0.25) is 5.02 Å². The van der Waals surface area contributed by atoms with Crippen molar-refractivity contribution in [3.8, 4) is 23.0 Å². The van der Waals surface area contributed by atoms with Gasteiger partial charge in [0.15, 0.2) is 11.6 Å². The molecule has 13 heteroatoms. The van der Waals surface area contributed by atoms with Gasteiger partial charge >= 0.3 is 6.01 Å². The molecule has 2 saturated heterocycles. The smallest absolute Gasteiger partial charge is 0.319 e. The molecule has 1 saturated carbocycles. The van der Waals surface area contributed by atoms with E-state index in [1.807, 2.05) is 23.1 Å². The highest BCUT2D eigenvalue weighted by Crippen LogP contribution is 2.44. The lowest BCUT2D eigenvalue weighted by Crippen LogP contribution is -2.56. The predicted octanol–water partition coefficient (Wildman–Crippen LogP) is 6.07. The molecule has 10 nitrogen and oxygen atoms in total. The molecule has 2 atom stereocenters. The van der Waals surface area contributed by atoms with Gasteiger partial charge in [0.05, 0.1) is 16.5 Å². The Morgan fingerprint density at radius 2 is 1.98 bits per heavy atom. The normalized spacial score (nSPS) is 19.9. The van der Waals surface area contributed by atoms with E-state index in [0.29, 0.717) is 52.3 Å². The first-order valence-electron chi connectivity index (χ1n) is 16.0. The summed E-state index contributed by atoms with van der Waals surface area (Å²) in [4.78, 5) is 36.3. The Labute approximate surface area is 281 Å². The highest BCUT2D eigenvalue weighted by atomic mass is 35.5. The van der Waals surface area contributed by atoms with E-state index >= 15 is 0 Å². The minimum Gasteiger partial charge on any atom is -0.486 e. The molecule has 0 radical (unpaired) electrons. The molecule has 1 aliphatic carbocycles. The Morgan fingerprint density at radius 1 is 1.15 bits per heavy atom. The molecule has 2 aromatic carbocycles. The first-order valence-corrected chi connectivity index (χ1v) is 16.4. The lowest BCUT2D eigenvalue weighted by molar-refractivity contribution is -0.131. The molecule has 248 valence electrons. The van der Waals surface area contributed by atoms with Crippen molar-refractivity contribution in [2.75, 3.05) is 51.3 Å². The van der Waals surface area contributed by atoms with Crippen LogP contribution in [-0.2, 0) is 4.79 Å². The first kappa shape index (κ1) is 32.0. The molecular formula is C35H34ClF2N7O3. The SMILES string of the molecule is [C-]#[N+]C[C@H]1CN(c2nc(OC[C@@H]3CCCN3C)nc3c(OC4CC4)c(-c4cccc5ccc(F)c(Cl)c45)ncc23)CCN1C(=O)C(=C)F. The zero-order valence-corrected chi connectivity index (χ0v) is 27.2. The number of rotatable bonds is 9. The van der Waals surface area contributed by atoms with Crippen molar-refractivity contribution in [1.29, 1.82) is 0 Å². The lowest BCUT2D eigenvalue weighted by atomic mass is 10.00. The van der Waals surface area contributed by atoms with Gasteiger partial charge < -0.3 is 29.0 Å². The molecule has 0 bridgehead atoms. The van der Waals surface area contributed by atoms with Crippen LogP contribution in [-0.4, -0.2) is 95.2 Å². The van der Waals surface area contributed by atoms with E-state index in [9.17, 15) is 13.6 Å². The van der Waals surface area contributed by atoms with Crippen molar-refractivity contribution in [3.63, 3.8) is 0 Å². The number of anilines is 1. The molecule has 3 fully saturated rings. The molecule has 0 spiro atoms. The number of piperazine rings is 1. The van der Waals surface area contributed by atoms with Gasteiger partial charge in [-0.3, -0.25) is 9.78 Å². The second kappa shape index (κ2) is 13.1. The number of nitrogens with zero attached hydrogens (tertiary/aromatic N) is 7. The number of likely N-dealkylation sites (N-methyl/N-ethyl adjacent to an activating group) is 1. The van der Waals surface area contributed by atoms with Crippen LogP contribution in [0.1, 0.15) is 25.7 Å². The number of hydrogen-bond donors (Lipinski definition) is 0. The summed E-state index contributed by atoms with van der Waals surface area (Å²) in [5.74, 6) is -1.52. The zero-order valence-electron chi connectivity index (χ0n) is 26.5. The summed E-state index contributed by atoms with van der Waals surface area (Å²) in [6.07, 6.45) is 5.42. The van der Waals surface area contributed by atoms with Crippen molar-refractivity contribution in [2.24, 2.45) is 0 Å². The largest absolute Gasteiger partial charge is 0.486 e. The van der Waals surface area contributed by atoms with Crippen molar-refractivity contribution in [3.05, 3.63) is 71.2 Å². The van der Waals surface area contributed by atoms with Crippen molar-refractivity contribution in [1.82, 2.24) is 24.8 Å². The zero-order chi connectivity index (χ0) is 33.5. The van der Waals surface area contributed by atoms with Crippen LogP contribution < -0.4 is 14.4 Å². The maximum atomic E-state index is 14.8. The average molecular weight is 674 g/mol. The number of aromatic nitrogens is 3. The third kappa shape index (κ3) is 6.08. The van der Waals surface area contributed by atoms with Crippen molar-refractivity contribution < 1.29 is 23.0 Å². The van der Waals surface area contributed by atoms with Crippen LogP contribution >= 0.6 is 11.6 Å². The van der Waals surface area contributed by atoms with E-state index in [1.165, 1.54) is 11.0 Å². The van der Waals surface area contributed by atoms with Crippen LogP contribution in [0.4, 0.5) is 14.6 Å². The molecule has 0 unspecified atom stereocenters. The second-order valence-electron chi connectivity index (χ2n) is 12.5. The number of fused-ring (bicyclic) bond motifs is 2. The highest BCUT2D eigenvalue weighted by molar-refractivity contribution is 6.37. The summed E-state index contributed by atoms with van der Waals surface area (Å²) in [6.45, 7) is 12.7.